The van der Waals surface area contributed by atoms with E-state index in [9.17, 15) is 19.7 Å². The maximum atomic E-state index is 13.2. The zero-order valence-electron chi connectivity index (χ0n) is 17.5. The second kappa shape index (κ2) is 9.71. The van der Waals surface area contributed by atoms with Crippen LogP contribution in [-0.2, 0) is 22.6 Å². The molecule has 0 unspecified atom stereocenters. The van der Waals surface area contributed by atoms with Gasteiger partial charge in [0.25, 0.3) is 5.69 Å². The number of hydrogen-bond acceptors (Lipinski definition) is 4. The standard InChI is InChI=1S/C22H26ClN3O4/c1-15(21(28)24-22(2,3)4)25(14-16-8-7-10-18(23)12-16)20(27)13-17-9-5-6-11-19(17)26(29)30/h5-12,15H,13-14H2,1-4H3,(H,24,28)/t15-/m1/s1. The lowest BCUT2D eigenvalue weighted by Gasteiger charge is -2.31. The number of rotatable bonds is 7. The minimum absolute atomic E-state index is 0.125. The number of nitrogens with one attached hydrogen (secondary N) is 1. The van der Waals surface area contributed by atoms with Crippen LogP contribution in [0.25, 0.3) is 0 Å². The number of para-hydroxylation sites is 1. The Balaban J connectivity index is 2.33. The predicted molar refractivity (Wildman–Crippen MR) is 116 cm³/mol. The minimum Gasteiger partial charge on any atom is -0.350 e. The number of nitrogens with zero attached hydrogens (tertiary/aromatic N) is 2. The van der Waals surface area contributed by atoms with Gasteiger partial charge in [0, 0.05) is 28.7 Å². The molecular weight excluding hydrogens is 406 g/mol. The Bertz CT molecular complexity index is 940. The highest BCUT2D eigenvalue weighted by Gasteiger charge is 2.29. The third kappa shape index (κ3) is 6.56. The average molecular weight is 432 g/mol. The largest absolute Gasteiger partial charge is 0.350 e. The van der Waals surface area contributed by atoms with E-state index in [-0.39, 0.29) is 30.5 Å². The van der Waals surface area contributed by atoms with E-state index in [1.54, 1.807) is 43.3 Å². The van der Waals surface area contributed by atoms with Crippen molar-refractivity contribution in [2.45, 2.75) is 52.2 Å². The van der Waals surface area contributed by atoms with Gasteiger partial charge in [-0.3, -0.25) is 19.7 Å². The summed E-state index contributed by atoms with van der Waals surface area (Å²) in [5, 5.41) is 14.7. The van der Waals surface area contributed by atoms with Crippen LogP contribution in [0.2, 0.25) is 5.02 Å². The normalized spacial score (nSPS) is 12.2. The van der Waals surface area contributed by atoms with Crippen LogP contribution in [0.3, 0.4) is 0 Å². The van der Waals surface area contributed by atoms with Gasteiger partial charge in [-0.05, 0) is 45.4 Å². The Hall–Kier alpha value is -2.93. The van der Waals surface area contributed by atoms with Gasteiger partial charge in [-0.1, -0.05) is 41.9 Å². The first-order valence-electron chi connectivity index (χ1n) is 9.56. The third-order valence-corrected chi connectivity index (χ3v) is 4.67. The molecule has 2 aromatic rings. The monoisotopic (exact) mass is 431 g/mol. The number of carbonyl (C=O) groups excluding carboxylic acids is 2. The molecule has 0 fully saturated rings. The molecule has 0 aliphatic rings. The van der Waals surface area contributed by atoms with Gasteiger partial charge < -0.3 is 10.2 Å². The summed E-state index contributed by atoms with van der Waals surface area (Å²) in [4.78, 5) is 38.1. The summed E-state index contributed by atoms with van der Waals surface area (Å²) < 4.78 is 0. The van der Waals surface area contributed by atoms with E-state index in [0.717, 1.165) is 5.56 Å². The summed E-state index contributed by atoms with van der Waals surface area (Å²) in [6, 6.07) is 12.4. The predicted octanol–water partition coefficient (Wildman–Crippen LogP) is 4.12. The molecule has 7 nitrogen and oxygen atoms in total. The number of nitro benzene ring substituents is 1. The van der Waals surface area contributed by atoms with E-state index in [4.69, 9.17) is 11.6 Å². The molecule has 2 amide bonds. The first-order chi connectivity index (χ1) is 14.0. The van der Waals surface area contributed by atoms with E-state index < -0.39 is 16.5 Å². The summed E-state index contributed by atoms with van der Waals surface area (Å²) in [6.07, 6.45) is -0.190. The van der Waals surface area contributed by atoms with Crippen molar-refractivity contribution in [3.8, 4) is 0 Å². The van der Waals surface area contributed by atoms with Crippen molar-refractivity contribution < 1.29 is 14.5 Å². The van der Waals surface area contributed by atoms with E-state index >= 15 is 0 Å². The fourth-order valence-electron chi connectivity index (χ4n) is 2.99. The Labute approximate surface area is 181 Å². The fraction of sp³-hybridized carbons (Fsp3) is 0.364. The molecule has 0 aliphatic heterocycles. The maximum Gasteiger partial charge on any atom is 0.273 e. The molecule has 0 aliphatic carbocycles. The molecule has 1 N–H and O–H groups in total. The van der Waals surface area contributed by atoms with Crippen LogP contribution in [0.1, 0.15) is 38.8 Å². The van der Waals surface area contributed by atoms with Crippen molar-refractivity contribution in [3.63, 3.8) is 0 Å². The lowest BCUT2D eigenvalue weighted by Crippen LogP contribution is -2.52. The summed E-state index contributed by atoms with van der Waals surface area (Å²) in [6.45, 7) is 7.36. The zero-order chi connectivity index (χ0) is 22.5. The van der Waals surface area contributed by atoms with Crippen LogP contribution in [0.4, 0.5) is 5.69 Å². The van der Waals surface area contributed by atoms with Crippen LogP contribution < -0.4 is 5.32 Å². The second-order valence-electron chi connectivity index (χ2n) is 8.13. The number of carbonyl (C=O) groups is 2. The fourth-order valence-corrected chi connectivity index (χ4v) is 3.20. The molecule has 1 atom stereocenters. The van der Waals surface area contributed by atoms with Crippen molar-refractivity contribution in [3.05, 3.63) is 74.8 Å². The number of halogens is 1. The zero-order valence-corrected chi connectivity index (χ0v) is 18.3. The van der Waals surface area contributed by atoms with Crippen molar-refractivity contribution in [2.75, 3.05) is 0 Å². The molecular formula is C22H26ClN3O4. The molecule has 160 valence electrons. The molecule has 2 aromatic carbocycles. The molecule has 0 aromatic heterocycles. The van der Waals surface area contributed by atoms with Gasteiger partial charge in [-0.2, -0.15) is 0 Å². The molecule has 8 heteroatoms. The maximum absolute atomic E-state index is 13.2. The lowest BCUT2D eigenvalue weighted by atomic mass is 10.1. The van der Waals surface area contributed by atoms with Gasteiger partial charge in [0.1, 0.15) is 6.04 Å². The third-order valence-electron chi connectivity index (χ3n) is 4.44. The first-order valence-corrected chi connectivity index (χ1v) is 9.94. The van der Waals surface area contributed by atoms with Crippen molar-refractivity contribution in [2.24, 2.45) is 0 Å². The van der Waals surface area contributed by atoms with Gasteiger partial charge in [-0.15, -0.1) is 0 Å². The molecule has 2 rings (SSSR count). The number of nitro groups is 1. The van der Waals surface area contributed by atoms with Crippen LogP contribution in [0.15, 0.2) is 48.5 Å². The van der Waals surface area contributed by atoms with E-state index in [1.165, 1.54) is 11.0 Å². The molecule has 0 saturated carbocycles. The Kier molecular flexibility index (Phi) is 7.56. The van der Waals surface area contributed by atoms with Gasteiger partial charge >= 0.3 is 0 Å². The Morgan fingerprint density at radius 2 is 1.83 bits per heavy atom. The van der Waals surface area contributed by atoms with Crippen molar-refractivity contribution >= 4 is 29.1 Å². The quantitative estimate of drug-likeness (QED) is 0.527. The first kappa shape index (κ1) is 23.3. The van der Waals surface area contributed by atoms with E-state index in [2.05, 4.69) is 5.32 Å². The summed E-state index contributed by atoms with van der Waals surface area (Å²) in [7, 11) is 0. The highest BCUT2D eigenvalue weighted by atomic mass is 35.5. The van der Waals surface area contributed by atoms with E-state index in [1.807, 2.05) is 26.8 Å². The highest BCUT2D eigenvalue weighted by Crippen LogP contribution is 2.21. The molecule has 0 heterocycles. The van der Waals surface area contributed by atoms with Crippen LogP contribution in [-0.4, -0.2) is 33.2 Å². The average Bonchev–Trinajstić information content (AvgIpc) is 2.64. The summed E-state index contributed by atoms with van der Waals surface area (Å²) in [5.74, 6) is -0.693. The molecule has 30 heavy (non-hydrogen) atoms. The van der Waals surface area contributed by atoms with Crippen LogP contribution in [0, 0.1) is 10.1 Å². The smallest absolute Gasteiger partial charge is 0.273 e. The minimum atomic E-state index is -0.779. The molecule has 0 saturated heterocycles. The lowest BCUT2D eigenvalue weighted by molar-refractivity contribution is -0.385. The Morgan fingerprint density at radius 3 is 2.43 bits per heavy atom. The van der Waals surface area contributed by atoms with Crippen molar-refractivity contribution in [1.29, 1.82) is 0 Å². The summed E-state index contributed by atoms with van der Waals surface area (Å²) in [5.41, 5.74) is 0.468. The van der Waals surface area contributed by atoms with Gasteiger partial charge in [0.05, 0.1) is 11.3 Å². The SMILES string of the molecule is C[C@H](C(=O)NC(C)(C)C)N(Cc1cccc(Cl)c1)C(=O)Cc1ccccc1[N+](=O)[O-]. The van der Waals surface area contributed by atoms with Crippen LogP contribution in [0.5, 0.6) is 0 Å². The van der Waals surface area contributed by atoms with Crippen LogP contribution >= 0.6 is 11.6 Å². The number of amides is 2. The second-order valence-corrected chi connectivity index (χ2v) is 8.57. The Morgan fingerprint density at radius 1 is 1.17 bits per heavy atom. The van der Waals surface area contributed by atoms with Gasteiger partial charge in [-0.25, -0.2) is 0 Å². The highest BCUT2D eigenvalue weighted by molar-refractivity contribution is 6.30. The topological polar surface area (TPSA) is 92.6 Å². The molecule has 0 bridgehead atoms. The molecule has 0 radical (unpaired) electrons. The van der Waals surface area contributed by atoms with Crippen molar-refractivity contribution in [1.82, 2.24) is 10.2 Å². The van der Waals surface area contributed by atoms with E-state index in [0.29, 0.717) is 10.6 Å². The summed E-state index contributed by atoms with van der Waals surface area (Å²) >= 11 is 6.06. The molecule has 0 spiro atoms. The number of benzene rings is 2. The number of hydrogen-bond donors (Lipinski definition) is 1. The van der Waals surface area contributed by atoms with Gasteiger partial charge in [0.15, 0.2) is 0 Å². The van der Waals surface area contributed by atoms with Gasteiger partial charge in [0.2, 0.25) is 11.8 Å².